The second-order valence-corrected chi connectivity index (χ2v) is 15.5. The van der Waals surface area contributed by atoms with E-state index >= 15 is 0 Å². The lowest BCUT2D eigenvalue weighted by molar-refractivity contribution is -0.139. The van der Waals surface area contributed by atoms with Crippen molar-refractivity contribution in [2.45, 2.75) is 154 Å². The van der Waals surface area contributed by atoms with Gasteiger partial charge in [0.15, 0.2) is 0 Å². The van der Waals surface area contributed by atoms with Gasteiger partial charge in [-0.2, -0.15) is 0 Å². The Morgan fingerprint density at radius 3 is 2.39 bits per heavy atom. The van der Waals surface area contributed by atoms with Crippen molar-refractivity contribution in [1.82, 2.24) is 10.2 Å². The van der Waals surface area contributed by atoms with Crippen LogP contribution in [0.1, 0.15) is 146 Å². The maximum atomic E-state index is 12.7. The van der Waals surface area contributed by atoms with Crippen LogP contribution in [-0.2, 0) is 20.8 Å². The van der Waals surface area contributed by atoms with Gasteiger partial charge in [-0.25, -0.2) is 0 Å². The molecule has 256 valence electrons. The van der Waals surface area contributed by atoms with Crippen molar-refractivity contribution in [3.05, 3.63) is 29.3 Å². The van der Waals surface area contributed by atoms with E-state index in [0.717, 1.165) is 38.5 Å². The number of amides is 2. The molecule has 3 aliphatic carbocycles. The van der Waals surface area contributed by atoms with Gasteiger partial charge in [0, 0.05) is 25.9 Å². The molecule has 7 nitrogen and oxygen atoms in total. The number of benzene rings is 1. The first-order chi connectivity index (χ1) is 22.2. The third-order valence-electron chi connectivity index (χ3n) is 12.5. The van der Waals surface area contributed by atoms with E-state index in [1.165, 1.54) is 82.3 Å². The summed E-state index contributed by atoms with van der Waals surface area (Å²) in [7, 11) is 0. The number of Topliss-reactive ketones (excluding diaryl/α,β-unsaturated/α-hetero) is 1. The molecule has 1 aromatic rings. The number of hydrogen-bond donors (Lipinski definition) is 3. The molecule has 0 bridgehead atoms. The van der Waals surface area contributed by atoms with Gasteiger partial charge in [-0.05, 0) is 117 Å². The van der Waals surface area contributed by atoms with E-state index in [1.54, 1.807) is 4.90 Å². The minimum Gasteiger partial charge on any atom is -0.508 e. The number of nitrogens with zero attached hydrogens (tertiary/aromatic N) is 1. The van der Waals surface area contributed by atoms with E-state index in [0.29, 0.717) is 48.9 Å². The molecule has 2 saturated carbocycles. The van der Waals surface area contributed by atoms with Gasteiger partial charge in [0.25, 0.3) is 0 Å². The van der Waals surface area contributed by atoms with Gasteiger partial charge in [-0.15, -0.1) is 0 Å². The molecule has 3 fully saturated rings. The van der Waals surface area contributed by atoms with E-state index in [1.807, 2.05) is 12.1 Å². The zero-order valence-corrected chi connectivity index (χ0v) is 28.6. The normalized spacial score (nSPS) is 30.0. The Kier molecular flexibility index (Phi) is 12.2. The number of likely N-dealkylation sites (tertiary alicyclic amines) is 1. The largest absolute Gasteiger partial charge is 0.508 e. The second-order valence-electron chi connectivity index (χ2n) is 15.5. The third-order valence-corrected chi connectivity index (χ3v) is 12.5. The van der Waals surface area contributed by atoms with Crippen molar-refractivity contribution in [2.75, 3.05) is 13.1 Å². The SMILES string of the molecule is CC(=O)CCC(=O)N1CCC[C@@H]1C(=O)NCCCCCCCCCCC[C@@H]1Cc2cc(O)ccc2[C@H]2CC[C@]3(C)[C@@H](O)CC[C@H]3[C@H]12. The minimum atomic E-state index is -0.373. The van der Waals surface area contributed by atoms with Crippen LogP contribution in [-0.4, -0.2) is 57.9 Å². The zero-order chi connectivity index (χ0) is 32.7. The topological polar surface area (TPSA) is 107 Å². The highest BCUT2D eigenvalue weighted by Gasteiger charge is 2.56. The van der Waals surface area contributed by atoms with E-state index < -0.39 is 0 Å². The summed E-state index contributed by atoms with van der Waals surface area (Å²) in [4.78, 5) is 38.0. The molecule has 1 saturated heterocycles. The fourth-order valence-electron chi connectivity index (χ4n) is 9.89. The maximum Gasteiger partial charge on any atom is 0.242 e. The van der Waals surface area contributed by atoms with Crippen LogP contribution in [0.5, 0.6) is 5.75 Å². The van der Waals surface area contributed by atoms with Crippen LogP contribution >= 0.6 is 0 Å². The molecule has 3 N–H and O–H groups in total. The molecule has 7 heteroatoms. The molecule has 0 aromatic heterocycles. The molecular weight excluding hydrogens is 576 g/mol. The van der Waals surface area contributed by atoms with Crippen molar-refractivity contribution in [3.63, 3.8) is 0 Å². The van der Waals surface area contributed by atoms with E-state index in [2.05, 4.69) is 18.3 Å². The summed E-state index contributed by atoms with van der Waals surface area (Å²) in [5, 5.41) is 24.2. The van der Waals surface area contributed by atoms with Crippen LogP contribution in [0.15, 0.2) is 18.2 Å². The van der Waals surface area contributed by atoms with Crippen molar-refractivity contribution in [2.24, 2.45) is 23.2 Å². The third kappa shape index (κ3) is 8.17. The fraction of sp³-hybridized carbons (Fsp3) is 0.769. The van der Waals surface area contributed by atoms with Crippen molar-refractivity contribution >= 4 is 17.6 Å². The van der Waals surface area contributed by atoms with Gasteiger partial charge >= 0.3 is 0 Å². The number of aliphatic hydroxyl groups is 1. The van der Waals surface area contributed by atoms with Crippen molar-refractivity contribution in [3.8, 4) is 5.75 Å². The number of unbranched alkanes of at least 4 members (excludes halogenated alkanes) is 8. The molecule has 1 aliphatic heterocycles. The average Bonchev–Trinajstić information content (AvgIpc) is 3.64. The number of nitrogens with one attached hydrogen (secondary N) is 1. The summed E-state index contributed by atoms with van der Waals surface area (Å²) in [5.74, 6) is 2.79. The summed E-state index contributed by atoms with van der Waals surface area (Å²) >= 11 is 0. The van der Waals surface area contributed by atoms with Crippen LogP contribution in [0.2, 0.25) is 0 Å². The fourth-order valence-corrected chi connectivity index (χ4v) is 9.89. The van der Waals surface area contributed by atoms with Crippen LogP contribution in [0.3, 0.4) is 0 Å². The number of rotatable bonds is 16. The highest BCUT2D eigenvalue weighted by molar-refractivity contribution is 5.89. The number of ketones is 1. The molecule has 0 spiro atoms. The molecule has 1 heterocycles. The zero-order valence-electron chi connectivity index (χ0n) is 28.6. The quantitative estimate of drug-likeness (QED) is 0.166. The molecule has 5 rings (SSSR count). The number of aromatic hydroxyl groups is 1. The molecular formula is C39H60N2O5. The Morgan fingerprint density at radius 2 is 1.65 bits per heavy atom. The number of phenols is 1. The van der Waals surface area contributed by atoms with Crippen LogP contribution in [0.4, 0.5) is 0 Å². The first-order valence-electron chi connectivity index (χ1n) is 18.8. The van der Waals surface area contributed by atoms with E-state index in [9.17, 15) is 24.6 Å². The van der Waals surface area contributed by atoms with Gasteiger partial charge in [0.1, 0.15) is 17.6 Å². The Balaban J connectivity index is 0.947. The first kappa shape index (κ1) is 34.9. The smallest absolute Gasteiger partial charge is 0.242 e. The average molecular weight is 637 g/mol. The second kappa shape index (κ2) is 16.1. The lowest BCUT2D eigenvalue weighted by Gasteiger charge is -2.53. The predicted molar refractivity (Wildman–Crippen MR) is 181 cm³/mol. The van der Waals surface area contributed by atoms with Crippen LogP contribution in [0.25, 0.3) is 0 Å². The van der Waals surface area contributed by atoms with Gasteiger partial charge in [0.05, 0.1) is 6.10 Å². The Bertz CT molecular complexity index is 1200. The number of aliphatic hydroxyl groups excluding tert-OH is 1. The van der Waals surface area contributed by atoms with Crippen molar-refractivity contribution < 1.29 is 24.6 Å². The Hall–Kier alpha value is -2.41. The number of carbonyl (C=O) groups excluding carboxylic acids is 3. The molecule has 7 atom stereocenters. The molecule has 0 unspecified atom stereocenters. The van der Waals surface area contributed by atoms with E-state index in [4.69, 9.17) is 0 Å². The predicted octanol–water partition coefficient (Wildman–Crippen LogP) is 7.21. The molecule has 4 aliphatic rings. The summed E-state index contributed by atoms with van der Waals surface area (Å²) in [5.41, 5.74) is 2.91. The van der Waals surface area contributed by atoms with E-state index in [-0.39, 0.29) is 48.0 Å². The number of carbonyl (C=O) groups is 3. The van der Waals surface area contributed by atoms with Crippen molar-refractivity contribution in [1.29, 1.82) is 0 Å². The van der Waals surface area contributed by atoms with Crippen LogP contribution < -0.4 is 5.32 Å². The molecule has 0 radical (unpaired) electrons. The molecule has 2 amide bonds. The summed E-state index contributed by atoms with van der Waals surface area (Å²) in [6.45, 7) is 5.13. The summed E-state index contributed by atoms with van der Waals surface area (Å²) in [6.07, 6.45) is 19.5. The summed E-state index contributed by atoms with van der Waals surface area (Å²) < 4.78 is 0. The number of hydrogen-bond acceptors (Lipinski definition) is 5. The highest BCUT2D eigenvalue weighted by atomic mass is 16.3. The van der Waals surface area contributed by atoms with Gasteiger partial charge in [0.2, 0.25) is 11.8 Å². The standard InChI is InChI=1S/C39H60N2O5/c1-27(42)15-20-36(45)41-24-12-14-34(41)38(46)40-23-11-9-7-5-3-4-6-8-10-13-28-25-29-26-30(43)16-17-31(29)32-21-22-39(2)33(37(28)32)18-19-35(39)44/h16-17,26,28,32-35,37,43-44H,3-15,18-25H2,1-2H3,(H,40,46)/t28-,32-,33+,34-,35+,37-,39+/m1/s1. The lowest BCUT2D eigenvalue weighted by atomic mass is 9.52. The lowest BCUT2D eigenvalue weighted by Crippen LogP contribution is -2.47. The minimum absolute atomic E-state index is 0.00863. The maximum absolute atomic E-state index is 12.7. The van der Waals surface area contributed by atoms with Gasteiger partial charge in [-0.3, -0.25) is 9.59 Å². The Labute approximate surface area is 277 Å². The molecule has 46 heavy (non-hydrogen) atoms. The first-order valence-corrected chi connectivity index (χ1v) is 18.8. The molecule has 1 aromatic carbocycles. The highest BCUT2D eigenvalue weighted by Crippen LogP contribution is 2.62. The Morgan fingerprint density at radius 1 is 0.935 bits per heavy atom. The van der Waals surface area contributed by atoms with Gasteiger partial charge in [-0.1, -0.05) is 64.4 Å². The van der Waals surface area contributed by atoms with Crippen LogP contribution in [0, 0.1) is 23.2 Å². The number of phenolic OH excluding ortho intramolecular Hbond substituents is 1. The van der Waals surface area contributed by atoms with Gasteiger partial charge < -0.3 is 25.2 Å². The number of fused-ring (bicyclic) bond motifs is 5. The summed E-state index contributed by atoms with van der Waals surface area (Å²) in [6, 6.07) is 5.72. The monoisotopic (exact) mass is 636 g/mol.